The molecule has 1 aromatic carbocycles. The largest absolute Gasteiger partial charge is 0.493 e. The summed E-state index contributed by atoms with van der Waals surface area (Å²) in [5, 5.41) is 5.05. The molecule has 0 spiro atoms. The fourth-order valence-corrected chi connectivity index (χ4v) is 3.38. The number of hydrogen-bond donors (Lipinski definition) is 1. The second-order valence-electron chi connectivity index (χ2n) is 6.48. The van der Waals surface area contributed by atoms with Crippen LogP contribution in [0.3, 0.4) is 0 Å². The van der Waals surface area contributed by atoms with Gasteiger partial charge in [0.2, 0.25) is 0 Å². The van der Waals surface area contributed by atoms with Crippen molar-refractivity contribution in [1.82, 2.24) is 5.32 Å². The highest BCUT2D eigenvalue weighted by Gasteiger charge is 2.18. The Morgan fingerprint density at radius 3 is 2.54 bits per heavy atom. The molecule has 1 aromatic heterocycles. The molecule has 0 fully saturated rings. The minimum absolute atomic E-state index is 0.0203. The van der Waals surface area contributed by atoms with Gasteiger partial charge in [0.1, 0.15) is 0 Å². The Balaban J connectivity index is 2.00. The van der Waals surface area contributed by atoms with Gasteiger partial charge in [0, 0.05) is 10.4 Å². The molecule has 0 aliphatic heterocycles. The van der Waals surface area contributed by atoms with E-state index in [9.17, 15) is 9.59 Å². The molecular weight excluding hydrogens is 350 g/mol. The van der Waals surface area contributed by atoms with Crippen LogP contribution in [0, 0.1) is 5.92 Å². The van der Waals surface area contributed by atoms with Crippen molar-refractivity contribution in [2.75, 3.05) is 13.7 Å². The number of ether oxygens (including phenoxy) is 2. The average Bonchev–Trinajstić information content (AvgIpc) is 3.13. The third-order valence-corrected chi connectivity index (χ3v) is 4.84. The van der Waals surface area contributed by atoms with Crippen molar-refractivity contribution in [2.24, 2.45) is 5.92 Å². The van der Waals surface area contributed by atoms with E-state index in [0.717, 1.165) is 11.3 Å². The van der Waals surface area contributed by atoms with Crippen LogP contribution in [0.4, 0.5) is 0 Å². The number of benzene rings is 1. The number of ketones is 1. The first-order valence-electron chi connectivity index (χ1n) is 8.55. The number of rotatable bonds is 9. The Hall–Kier alpha value is -2.34. The summed E-state index contributed by atoms with van der Waals surface area (Å²) in [7, 11) is 1.50. The zero-order valence-corrected chi connectivity index (χ0v) is 16.4. The number of nitrogens with one attached hydrogen (secondary N) is 1. The zero-order valence-electron chi connectivity index (χ0n) is 15.6. The van der Waals surface area contributed by atoms with Crippen molar-refractivity contribution in [2.45, 2.75) is 33.2 Å². The summed E-state index contributed by atoms with van der Waals surface area (Å²) >= 11 is 1.63. The van der Waals surface area contributed by atoms with Gasteiger partial charge in [-0.25, -0.2) is 0 Å². The maximum atomic E-state index is 12.4. The van der Waals surface area contributed by atoms with Crippen molar-refractivity contribution in [3.8, 4) is 11.5 Å². The Labute approximate surface area is 158 Å². The van der Waals surface area contributed by atoms with Crippen LogP contribution in [0.15, 0.2) is 35.7 Å². The molecule has 26 heavy (non-hydrogen) atoms. The summed E-state index contributed by atoms with van der Waals surface area (Å²) in [6.07, 6.45) is 0.864. The highest BCUT2D eigenvalue weighted by molar-refractivity contribution is 7.10. The quantitative estimate of drug-likeness (QED) is 0.666. The molecule has 1 N–H and O–H groups in total. The molecule has 5 nitrogen and oxygen atoms in total. The van der Waals surface area contributed by atoms with Crippen molar-refractivity contribution >= 4 is 23.0 Å². The van der Waals surface area contributed by atoms with Crippen LogP contribution in [0.1, 0.15) is 48.5 Å². The second-order valence-corrected chi connectivity index (χ2v) is 7.45. The lowest BCUT2D eigenvalue weighted by molar-refractivity contribution is -0.124. The molecule has 6 heteroatoms. The highest BCUT2D eigenvalue weighted by atomic mass is 32.1. The van der Waals surface area contributed by atoms with Crippen LogP contribution >= 0.6 is 11.3 Å². The van der Waals surface area contributed by atoms with Crippen molar-refractivity contribution in [3.05, 3.63) is 46.2 Å². The normalized spacial score (nSPS) is 11.9. The smallest absolute Gasteiger partial charge is 0.258 e. The van der Waals surface area contributed by atoms with E-state index < -0.39 is 0 Å². The molecule has 1 heterocycles. The maximum Gasteiger partial charge on any atom is 0.258 e. The lowest BCUT2D eigenvalue weighted by atomic mass is 10.0. The molecule has 0 saturated carbocycles. The molecule has 2 aromatic rings. The van der Waals surface area contributed by atoms with Gasteiger partial charge in [0.25, 0.3) is 5.91 Å². The summed E-state index contributed by atoms with van der Waals surface area (Å²) in [6.45, 7) is 5.63. The van der Waals surface area contributed by atoms with Crippen molar-refractivity contribution in [3.63, 3.8) is 0 Å². The van der Waals surface area contributed by atoms with Crippen LogP contribution in [-0.2, 0) is 4.79 Å². The lowest BCUT2D eigenvalue weighted by Crippen LogP contribution is -2.33. The number of thiophene rings is 1. The summed E-state index contributed by atoms with van der Waals surface area (Å²) in [5.74, 6) is 1.08. The number of amides is 1. The van der Waals surface area contributed by atoms with E-state index in [2.05, 4.69) is 19.2 Å². The van der Waals surface area contributed by atoms with Crippen molar-refractivity contribution in [1.29, 1.82) is 0 Å². The predicted octanol–water partition coefficient (Wildman–Crippen LogP) is 4.24. The maximum absolute atomic E-state index is 12.4. The van der Waals surface area contributed by atoms with Crippen LogP contribution in [0.25, 0.3) is 0 Å². The molecule has 2 rings (SSSR count). The summed E-state index contributed by atoms with van der Waals surface area (Å²) in [4.78, 5) is 24.9. The zero-order chi connectivity index (χ0) is 19.1. The van der Waals surface area contributed by atoms with Crippen LogP contribution in [0.2, 0.25) is 0 Å². The number of methoxy groups -OCH3 is 1. The fraction of sp³-hybridized carbons (Fsp3) is 0.400. The van der Waals surface area contributed by atoms with E-state index in [1.54, 1.807) is 29.5 Å². The van der Waals surface area contributed by atoms with Gasteiger partial charge in [-0.3, -0.25) is 9.59 Å². The molecule has 1 atom stereocenters. The standard InChI is InChI=1S/C20H25NO4S/c1-13(2)10-16(19-6-5-9-26-19)21-20(23)12-25-17-8-7-15(14(3)22)11-18(17)24-4/h5-9,11,13,16H,10,12H2,1-4H3,(H,21,23). The number of hydrogen-bond acceptors (Lipinski definition) is 5. The molecule has 0 aliphatic rings. The lowest BCUT2D eigenvalue weighted by Gasteiger charge is -2.20. The predicted molar refractivity (Wildman–Crippen MR) is 103 cm³/mol. The fourth-order valence-electron chi connectivity index (χ4n) is 2.59. The first-order valence-corrected chi connectivity index (χ1v) is 9.43. The Morgan fingerprint density at radius 1 is 1.19 bits per heavy atom. The van der Waals surface area contributed by atoms with E-state index in [1.807, 2.05) is 17.5 Å². The SMILES string of the molecule is COc1cc(C(C)=O)ccc1OCC(=O)NC(CC(C)C)c1cccs1. The first-order chi connectivity index (χ1) is 12.4. The molecule has 0 radical (unpaired) electrons. The van der Waals surface area contributed by atoms with Gasteiger partial charge < -0.3 is 14.8 Å². The topological polar surface area (TPSA) is 64.6 Å². The van der Waals surface area contributed by atoms with E-state index in [4.69, 9.17) is 9.47 Å². The minimum Gasteiger partial charge on any atom is -0.493 e. The summed E-state index contributed by atoms with van der Waals surface area (Å²) in [6, 6.07) is 8.91. The van der Waals surface area contributed by atoms with Gasteiger partial charge in [-0.15, -0.1) is 11.3 Å². The molecule has 0 aliphatic carbocycles. The molecular formula is C20H25NO4S. The highest BCUT2D eigenvalue weighted by Crippen LogP contribution is 2.29. The Kier molecular flexibility index (Phi) is 7.21. The van der Waals surface area contributed by atoms with Gasteiger partial charge in [-0.2, -0.15) is 0 Å². The third kappa shape index (κ3) is 5.59. The second kappa shape index (κ2) is 9.38. The monoisotopic (exact) mass is 375 g/mol. The van der Waals surface area contributed by atoms with E-state index in [0.29, 0.717) is 23.0 Å². The number of carbonyl (C=O) groups is 2. The van der Waals surface area contributed by atoms with Gasteiger partial charge in [-0.05, 0) is 48.9 Å². The number of Topliss-reactive ketones (excluding diaryl/α,β-unsaturated/α-hetero) is 1. The Morgan fingerprint density at radius 2 is 1.96 bits per heavy atom. The molecule has 1 unspecified atom stereocenters. The van der Waals surface area contributed by atoms with Gasteiger partial charge >= 0.3 is 0 Å². The summed E-state index contributed by atoms with van der Waals surface area (Å²) in [5.41, 5.74) is 0.536. The minimum atomic E-state index is -0.193. The van der Waals surface area contributed by atoms with E-state index in [1.165, 1.54) is 14.0 Å². The Bertz CT molecular complexity index is 740. The molecule has 140 valence electrons. The summed E-state index contributed by atoms with van der Waals surface area (Å²) < 4.78 is 10.9. The van der Waals surface area contributed by atoms with Gasteiger partial charge in [0.15, 0.2) is 23.9 Å². The van der Waals surface area contributed by atoms with Crippen LogP contribution in [0.5, 0.6) is 11.5 Å². The van der Waals surface area contributed by atoms with Crippen LogP contribution < -0.4 is 14.8 Å². The first kappa shape index (κ1) is 20.0. The molecule has 0 saturated heterocycles. The van der Waals surface area contributed by atoms with E-state index >= 15 is 0 Å². The third-order valence-electron chi connectivity index (χ3n) is 3.86. The van der Waals surface area contributed by atoms with Gasteiger partial charge in [-0.1, -0.05) is 19.9 Å². The van der Waals surface area contributed by atoms with Crippen molar-refractivity contribution < 1.29 is 19.1 Å². The van der Waals surface area contributed by atoms with E-state index in [-0.39, 0.29) is 24.3 Å². The van der Waals surface area contributed by atoms with Crippen LogP contribution in [-0.4, -0.2) is 25.4 Å². The number of carbonyl (C=O) groups excluding carboxylic acids is 2. The average molecular weight is 375 g/mol. The van der Waals surface area contributed by atoms with Gasteiger partial charge in [0.05, 0.1) is 13.2 Å². The molecule has 0 bridgehead atoms. The molecule has 1 amide bonds.